The molecule has 0 atom stereocenters. The molecular weight excluding hydrogens is 262 g/mol. The third-order valence-electron chi connectivity index (χ3n) is 4.33. The molecule has 4 heteroatoms. The van der Waals surface area contributed by atoms with Crippen molar-refractivity contribution in [2.24, 2.45) is 0 Å². The van der Waals surface area contributed by atoms with E-state index < -0.39 is 0 Å². The molecule has 2 rings (SSSR count). The fourth-order valence-electron chi connectivity index (χ4n) is 2.99. The predicted molar refractivity (Wildman–Crippen MR) is 88.9 cm³/mol. The smallest absolute Gasteiger partial charge is 0.0587 e. The van der Waals surface area contributed by atoms with Gasteiger partial charge in [-0.1, -0.05) is 18.2 Å². The van der Waals surface area contributed by atoms with Crippen LogP contribution in [0.3, 0.4) is 0 Å². The lowest BCUT2D eigenvalue weighted by Gasteiger charge is -2.37. The molecule has 21 heavy (non-hydrogen) atoms. The number of rotatable bonds is 7. The van der Waals surface area contributed by atoms with Gasteiger partial charge in [0, 0.05) is 45.0 Å². The Hall–Kier alpha value is -1.10. The van der Waals surface area contributed by atoms with Crippen molar-refractivity contribution in [3.63, 3.8) is 0 Å². The Labute approximate surface area is 129 Å². The number of piperidine rings is 1. The van der Waals surface area contributed by atoms with Crippen molar-refractivity contribution in [2.75, 3.05) is 52.3 Å². The lowest BCUT2D eigenvalue weighted by atomic mass is 10.0. The number of nitrogens with zero attached hydrogens (tertiary/aromatic N) is 2. The maximum Gasteiger partial charge on any atom is 0.0587 e. The van der Waals surface area contributed by atoms with Gasteiger partial charge in [0.25, 0.3) is 0 Å². The summed E-state index contributed by atoms with van der Waals surface area (Å²) >= 11 is 0. The van der Waals surface area contributed by atoms with Crippen molar-refractivity contribution in [1.29, 1.82) is 0 Å². The van der Waals surface area contributed by atoms with Crippen LogP contribution in [0.5, 0.6) is 0 Å². The fraction of sp³-hybridized carbons (Fsp3) is 0.647. The van der Waals surface area contributed by atoms with Crippen LogP contribution in [0.15, 0.2) is 24.3 Å². The number of anilines is 1. The van der Waals surface area contributed by atoms with Crippen LogP contribution in [-0.2, 0) is 11.3 Å². The molecule has 1 aromatic carbocycles. The van der Waals surface area contributed by atoms with E-state index in [0.717, 1.165) is 38.8 Å². The van der Waals surface area contributed by atoms with Crippen molar-refractivity contribution in [3.05, 3.63) is 29.8 Å². The van der Waals surface area contributed by atoms with E-state index in [-0.39, 0.29) is 0 Å². The lowest BCUT2D eigenvalue weighted by Crippen LogP contribution is -2.42. The first-order valence-corrected chi connectivity index (χ1v) is 7.91. The van der Waals surface area contributed by atoms with Gasteiger partial charge in [-0.25, -0.2) is 0 Å². The van der Waals surface area contributed by atoms with Crippen molar-refractivity contribution in [1.82, 2.24) is 10.2 Å². The van der Waals surface area contributed by atoms with Gasteiger partial charge in [0.2, 0.25) is 0 Å². The Morgan fingerprint density at radius 3 is 2.62 bits per heavy atom. The van der Waals surface area contributed by atoms with Crippen molar-refractivity contribution in [2.45, 2.75) is 25.4 Å². The molecule has 1 aromatic rings. The van der Waals surface area contributed by atoms with Gasteiger partial charge in [0.15, 0.2) is 0 Å². The van der Waals surface area contributed by atoms with Gasteiger partial charge in [-0.05, 0) is 38.6 Å². The first-order chi connectivity index (χ1) is 10.2. The third-order valence-corrected chi connectivity index (χ3v) is 4.33. The van der Waals surface area contributed by atoms with E-state index in [4.69, 9.17) is 4.74 Å². The first-order valence-electron chi connectivity index (χ1n) is 7.91. The second-order valence-corrected chi connectivity index (χ2v) is 5.98. The van der Waals surface area contributed by atoms with E-state index in [2.05, 4.69) is 53.5 Å². The summed E-state index contributed by atoms with van der Waals surface area (Å²) in [6.07, 6.45) is 2.50. The molecule has 0 bridgehead atoms. The van der Waals surface area contributed by atoms with Crippen LogP contribution in [0.4, 0.5) is 5.69 Å². The number of para-hydroxylation sites is 1. The highest BCUT2D eigenvalue weighted by Gasteiger charge is 2.21. The van der Waals surface area contributed by atoms with E-state index in [1.165, 1.54) is 24.1 Å². The van der Waals surface area contributed by atoms with Gasteiger partial charge >= 0.3 is 0 Å². The standard InChI is InChI=1S/C17H29N3O/c1-19(2)16-8-11-20(12-9-16)17-7-5-4-6-15(17)14-18-10-13-21-3/h4-7,16,18H,8-14H2,1-3H3. The molecule has 1 fully saturated rings. The maximum atomic E-state index is 5.08. The number of nitrogens with one attached hydrogen (secondary N) is 1. The summed E-state index contributed by atoms with van der Waals surface area (Å²) in [6.45, 7) is 4.87. The number of hydrogen-bond donors (Lipinski definition) is 1. The second-order valence-electron chi connectivity index (χ2n) is 5.98. The van der Waals surface area contributed by atoms with Crippen LogP contribution in [0, 0.1) is 0 Å². The van der Waals surface area contributed by atoms with Crippen LogP contribution in [0.2, 0.25) is 0 Å². The van der Waals surface area contributed by atoms with Gasteiger partial charge in [0.1, 0.15) is 0 Å². The molecule has 4 nitrogen and oxygen atoms in total. The van der Waals surface area contributed by atoms with E-state index >= 15 is 0 Å². The molecule has 0 aliphatic carbocycles. The molecule has 1 heterocycles. The number of benzene rings is 1. The monoisotopic (exact) mass is 291 g/mol. The Morgan fingerprint density at radius 1 is 1.24 bits per heavy atom. The molecule has 1 aliphatic rings. The molecule has 0 amide bonds. The van der Waals surface area contributed by atoms with Crippen LogP contribution < -0.4 is 10.2 Å². The normalized spacial score (nSPS) is 16.7. The van der Waals surface area contributed by atoms with E-state index in [1.807, 2.05) is 0 Å². The summed E-state index contributed by atoms with van der Waals surface area (Å²) in [7, 11) is 6.12. The first kappa shape index (κ1) is 16.3. The molecule has 1 saturated heterocycles. The summed E-state index contributed by atoms with van der Waals surface area (Å²) in [5, 5.41) is 3.45. The minimum absolute atomic E-state index is 0.730. The van der Waals surface area contributed by atoms with Crippen molar-refractivity contribution < 1.29 is 4.74 Å². The third kappa shape index (κ3) is 4.70. The summed E-state index contributed by atoms with van der Waals surface area (Å²) < 4.78 is 5.08. The molecule has 0 saturated carbocycles. The summed E-state index contributed by atoms with van der Waals surface area (Å²) in [6, 6.07) is 9.49. The van der Waals surface area contributed by atoms with Gasteiger partial charge in [-0.3, -0.25) is 0 Å². The summed E-state index contributed by atoms with van der Waals surface area (Å²) in [5.74, 6) is 0. The topological polar surface area (TPSA) is 27.7 Å². The van der Waals surface area contributed by atoms with Crippen molar-refractivity contribution in [3.8, 4) is 0 Å². The maximum absolute atomic E-state index is 5.08. The quantitative estimate of drug-likeness (QED) is 0.777. The predicted octanol–water partition coefficient (Wildman–Crippen LogP) is 1.95. The number of ether oxygens (including phenoxy) is 1. The SMILES string of the molecule is COCCNCc1ccccc1N1CCC(N(C)C)CC1. The van der Waals surface area contributed by atoms with Gasteiger partial charge in [0.05, 0.1) is 6.61 Å². The van der Waals surface area contributed by atoms with Crippen LogP contribution in [-0.4, -0.2) is 58.4 Å². The molecule has 0 aromatic heterocycles. The number of hydrogen-bond acceptors (Lipinski definition) is 4. The molecule has 1 N–H and O–H groups in total. The van der Waals surface area contributed by atoms with Crippen LogP contribution in [0.1, 0.15) is 18.4 Å². The molecule has 0 radical (unpaired) electrons. The summed E-state index contributed by atoms with van der Waals surface area (Å²) in [5.41, 5.74) is 2.77. The Kier molecular flexibility index (Phi) is 6.49. The molecule has 118 valence electrons. The molecular formula is C17H29N3O. The largest absolute Gasteiger partial charge is 0.383 e. The minimum atomic E-state index is 0.730. The number of methoxy groups -OCH3 is 1. The Bertz CT molecular complexity index is 414. The highest BCUT2D eigenvalue weighted by molar-refractivity contribution is 5.54. The highest BCUT2D eigenvalue weighted by Crippen LogP contribution is 2.25. The average Bonchev–Trinajstić information content (AvgIpc) is 2.52. The zero-order chi connectivity index (χ0) is 15.1. The molecule has 1 aliphatic heterocycles. The summed E-state index contributed by atoms with van der Waals surface area (Å²) in [4.78, 5) is 4.89. The lowest BCUT2D eigenvalue weighted by molar-refractivity contribution is 0.199. The second kappa shape index (κ2) is 8.37. The van der Waals surface area contributed by atoms with Crippen LogP contribution in [0.25, 0.3) is 0 Å². The average molecular weight is 291 g/mol. The van der Waals surface area contributed by atoms with Crippen molar-refractivity contribution >= 4 is 5.69 Å². The zero-order valence-corrected chi connectivity index (χ0v) is 13.6. The van der Waals surface area contributed by atoms with E-state index in [0.29, 0.717) is 0 Å². The zero-order valence-electron chi connectivity index (χ0n) is 13.6. The van der Waals surface area contributed by atoms with E-state index in [9.17, 15) is 0 Å². The van der Waals surface area contributed by atoms with Gasteiger partial charge in [-0.15, -0.1) is 0 Å². The minimum Gasteiger partial charge on any atom is -0.383 e. The fourth-order valence-corrected chi connectivity index (χ4v) is 2.99. The van der Waals surface area contributed by atoms with Gasteiger partial charge in [-0.2, -0.15) is 0 Å². The highest BCUT2D eigenvalue weighted by atomic mass is 16.5. The Balaban J connectivity index is 1.93. The Morgan fingerprint density at radius 2 is 1.95 bits per heavy atom. The van der Waals surface area contributed by atoms with Crippen LogP contribution >= 0.6 is 0 Å². The van der Waals surface area contributed by atoms with E-state index in [1.54, 1.807) is 7.11 Å². The van der Waals surface area contributed by atoms with Gasteiger partial charge < -0.3 is 19.9 Å². The molecule has 0 unspecified atom stereocenters. The molecule has 0 spiro atoms.